The number of benzene rings is 4. The summed E-state index contributed by atoms with van der Waals surface area (Å²) in [6, 6.07) is 26.5. The van der Waals surface area contributed by atoms with Gasteiger partial charge < -0.3 is 10.0 Å². The molecule has 2 heterocycles. The van der Waals surface area contributed by atoms with E-state index in [-0.39, 0.29) is 10.8 Å². The van der Waals surface area contributed by atoms with E-state index in [0.29, 0.717) is 5.76 Å². The second-order valence-corrected chi connectivity index (χ2v) is 16.7. The van der Waals surface area contributed by atoms with Gasteiger partial charge in [0.1, 0.15) is 12.3 Å². The van der Waals surface area contributed by atoms with E-state index in [0.717, 1.165) is 43.5 Å². The molecule has 4 aromatic rings. The molecule has 0 aromatic heterocycles. The molecular weight excluding hydrogens is 693 g/mol. The van der Waals surface area contributed by atoms with Crippen LogP contribution in [0.5, 0.6) is 0 Å². The zero-order valence-corrected chi connectivity index (χ0v) is 31.2. The Labute approximate surface area is 301 Å². The van der Waals surface area contributed by atoms with Crippen LogP contribution in [0.4, 0.5) is 36.6 Å². The van der Waals surface area contributed by atoms with E-state index >= 15 is 0 Å². The Morgan fingerprint density at radius 1 is 0.731 bits per heavy atom. The van der Waals surface area contributed by atoms with Crippen molar-refractivity contribution < 1.29 is 34.9 Å². The first-order valence-electron chi connectivity index (χ1n) is 17.7. The van der Waals surface area contributed by atoms with Crippen molar-refractivity contribution >= 4 is 46.4 Å². The molecule has 4 aromatic carbocycles. The van der Waals surface area contributed by atoms with Gasteiger partial charge in [0.15, 0.2) is 5.71 Å². The van der Waals surface area contributed by atoms with Gasteiger partial charge in [-0.25, -0.2) is 0 Å². The molecule has 1 N–H and O–H groups in total. The van der Waals surface area contributed by atoms with E-state index in [1.54, 1.807) is 0 Å². The van der Waals surface area contributed by atoms with E-state index in [1.165, 1.54) is 55.5 Å². The van der Waals surface area contributed by atoms with Crippen molar-refractivity contribution in [1.29, 1.82) is 0 Å². The Morgan fingerprint density at radius 3 is 1.90 bits per heavy atom. The summed E-state index contributed by atoms with van der Waals surface area (Å²) in [5.74, 6) is 0.443. The van der Waals surface area contributed by atoms with Crippen LogP contribution in [-0.4, -0.2) is 28.5 Å². The summed E-state index contributed by atoms with van der Waals surface area (Å²) in [7, 11) is -10.7. The Balaban J connectivity index is 0.000000604. The normalized spacial score (nSPS) is 21.1. The quantitative estimate of drug-likeness (QED) is 0.125. The summed E-state index contributed by atoms with van der Waals surface area (Å²) in [4.78, 5) is 2.45. The molecular formula is C42H45F6N2OP. The van der Waals surface area contributed by atoms with Crippen molar-refractivity contribution in [2.24, 2.45) is 0 Å². The fraction of sp³-hybridized carbons (Fsp3) is 0.310. The zero-order valence-electron chi connectivity index (χ0n) is 30.3. The van der Waals surface area contributed by atoms with E-state index in [2.05, 4.69) is 148 Å². The van der Waals surface area contributed by atoms with Crippen LogP contribution in [0.1, 0.15) is 71.9 Å². The summed E-state index contributed by atoms with van der Waals surface area (Å²) in [6.45, 7) is 15.6. The van der Waals surface area contributed by atoms with E-state index in [9.17, 15) is 30.3 Å². The number of nitrogens with zero attached hydrogens (tertiary/aromatic N) is 2. The van der Waals surface area contributed by atoms with Gasteiger partial charge in [-0.05, 0) is 109 Å². The van der Waals surface area contributed by atoms with Gasteiger partial charge in [-0.15, -0.1) is 0 Å². The minimum atomic E-state index is -10.7. The number of hydrogen-bond acceptors (Lipinski definition) is 2. The minimum absolute atomic E-state index is 0.145. The Morgan fingerprint density at radius 2 is 1.31 bits per heavy atom. The Kier molecular flexibility index (Phi) is 8.89. The van der Waals surface area contributed by atoms with Crippen molar-refractivity contribution in [1.82, 2.24) is 0 Å². The fourth-order valence-electron chi connectivity index (χ4n) is 8.35. The first-order chi connectivity index (χ1) is 24.1. The molecule has 52 heavy (non-hydrogen) atoms. The molecule has 3 nitrogen and oxygen atoms in total. The third-order valence-electron chi connectivity index (χ3n) is 10.5. The molecule has 0 unspecified atom stereocenters. The molecule has 0 atom stereocenters. The van der Waals surface area contributed by atoms with Crippen LogP contribution >= 0.6 is 7.81 Å². The van der Waals surface area contributed by atoms with Gasteiger partial charge in [-0.3, -0.25) is 0 Å². The standard InChI is InChI=1S/C42H44N2O.F6P/c1-7-43-34-24-20-28-14-9-11-18-32(28)38(34)41(3,4)36(43)26-22-30-16-13-17-31(40(30)45)23-27-37-42(5,6)39-33-19-12-10-15-29(33)21-25-35(39)44(37)8-2;1-7(2,3,4,5)6/h9-12,14-15,18-27H,7-8,13,16-17H2,1-6H3;/q;-1/p+1. The van der Waals surface area contributed by atoms with Gasteiger partial charge in [-0.2, -0.15) is 4.58 Å². The van der Waals surface area contributed by atoms with Crippen molar-refractivity contribution in [2.45, 2.75) is 71.6 Å². The van der Waals surface area contributed by atoms with Crippen LogP contribution in [0.15, 0.2) is 120 Å². The molecule has 0 amide bonds. The van der Waals surface area contributed by atoms with E-state index in [4.69, 9.17) is 0 Å². The summed E-state index contributed by atoms with van der Waals surface area (Å²) in [5.41, 5.74) is 9.70. The molecule has 0 saturated heterocycles. The number of aliphatic hydroxyl groups is 1. The molecule has 276 valence electrons. The summed E-state index contributed by atoms with van der Waals surface area (Å²) >= 11 is 0. The second kappa shape index (κ2) is 12.4. The average Bonchev–Trinajstić information content (AvgIpc) is 3.43. The number of likely N-dealkylation sites (N-methyl/N-ethyl adjacent to an activating group) is 1. The number of hydrogen-bond donors (Lipinski definition) is 1. The summed E-state index contributed by atoms with van der Waals surface area (Å²) in [5, 5.41) is 16.8. The number of rotatable bonds is 5. The molecule has 0 spiro atoms. The third-order valence-corrected chi connectivity index (χ3v) is 10.5. The number of aliphatic hydroxyl groups excluding tert-OH is 1. The Hall–Kier alpha value is -4.36. The average molecular weight is 739 g/mol. The number of fused-ring (bicyclic) bond motifs is 6. The number of anilines is 1. The third kappa shape index (κ3) is 7.30. The predicted molar refractivity (Wildman–Crippen MR) is 205 cm³/mol. The molecule has 0 radical (unpaired) electrons. The predicted octanol–water partition coefficient (Wildman–Crippen LogP) is 14.0. The van der Waals surface area contributed by atoms with Gasteiger partial charge in [0.25, 0.3) is 0 Å². The molecule has 0 bridgehead atoms. The van der Waals surface area contributed by atoms with Crippen LogP contribution in [0.2, 0.25) is 0 Å². The molecule has 2 aliphatic heterocycles. The van der Waals surface area contributed by atoms with Crippen molar-refractivity contribution in [3.8, 4) is 0 Å². The van der Waals surface area contributed by atoms with E-state index in [1.807, 2.05) is 0 Å². The maximum absolute atomic E-state index is 11.6. The topological polar surface area (TPSA) is 26.5 Å². The fourth-order valence-corrected chi connectivity index (χ4v) is 8.35. The SMILES string of the molecule is CCN1C(=CC=C2CCCC(C=CC3=[N+](CC)c4ccc5ccccc5c4C3(C)C)=C2O)C(C)(C)c2c1ccc1ccccc21.F[P-](F)(F)(F)(F)F. The van der Waals surface area contributed by atoms with Crippen LogP contribution in [-0.2, 0) is 10.8 Å². The summed E-state index contributed by atoms with van der Waals surface area (Å²) in [6.07, 6.45) is 11.7. The van der Waals surface area contributed by atoms with Crippen LogP contribution in [0, 0.1) is 0 Å². The number of allylic oxidation sites excluding steroid dienone is 7. The number of halogens is 6. The maximum atomic E-state index is 11.6. The zero-order chi connectivity index (χ0) is 37.9. The molecule has 3 aliphatic rings. The van der Waals surface area contributed by atoms with Crippen LogP contribution in [0.3, 0.4) is 0 Å². The van der Waals surface area contributed by atoms with Gasteiger partial charge in [0, 0.05) is 41.1 Å². The molecule has 0 fully saturated rings. The molecule has 0 saturated carbocycles. The van der Waals surface area contributed by atoms with Gasteiger partial charge >= 0.3 is 33.0 Å². The molecule has 7 rings (SSSR count). The summed E-state index contributed by atoms with van der Waals surface area (Å²) < 4.78 is 61.6. The van der Waals surface area contributed by atoms with Crippen molar-refractivity contribution in [2.75, 3.05) is 18.0 Å². The van der Waals surface area contributed by atoms with Crippen molar-refractivity contribution in [3.05, 3.63) is 131 Å². The Bertz CT molecular complexity index is 2250. The van der Waals surface area contributed by atoms with Gasteiger partial charge in [0.2, 0.25) is 5.69 Å². The first kappa shape index (κ1) is 37.4. The van der Waals surface area contributed by atoms with Crippen molar-refractivity contribution in [3.63, 3.8) is 0 Å². The monoisotopic (exact) mass is 738 g/mol. The van der Waals surface area contributed by atoms with Gasteiger partial charge in [-0.1, -0.05) is 74.5 Å². The van der Waals surface area contributed by atoms with Gasteiger partial charge in [0.05, 0.1) is 5.41 Å². The van der Waals surface area contributed by atoms with Crippen LogP contribution < -0.4 is 4.90 Å². The van der Waals surface area contributed by atoms with Crippen LogP contribution in [0.25, 0.3) is 21.5 Å². The molecule has 1 aliphatic carbocycles. The van der Waals surface area contributed by atoms with E-state index < -0.39 is 7.81 Å². The first-order valence-corrected chi connectivity index (χ1v) is 19.7. The second-order valence-electron chi connectivity index (χ2n) is 14.7. The molecule has 10 heteroatoms.